The van der Waals surface area contributed by atoms with Gasteiger partial charge in [0.1, 0.15) is 5.75 Å². The molecule has 0 aliphatic carbocycles. The van der Waals surface area contributed by atoms with Gasteiger partial charge >= 0.3 is 11.9 Å². The van der Waals surface area contributed by atoms with Gasteiger partial charge in [0.25, 0.3) is 0 Å². The fraction of sp³-hybridized carbons (Fsp3) is 0.143. The van der Waals surface area contributed by atoms with Crippen LogP contribution in [0.3, 0.4) is 0 Å². The minimum absolute atomic E-state index is 0.181. The first-order valence-electron chi connectivity index (χ1n) is 3.50. The lowest BCUT2D eigenvalue weighted by Crippen LogP contribution is -2.21. The normalized spacial score (nSPS) is 12.6. The SMILES string of the molecule is O=P(O)(O)C(Cl)(Cl)Oc1ccccc1. The maximum absolute atomic E-state index is 10.8. The zero-order valence-corrected chi connectivity index (χ0v) is 9.21. The van der Waals surface area contributed by atoms with Crippen molar-refractivity contribution in [2.75, 3.05) is 0 Å². The summed E-state index contributed by atoms with van der Waals surface area (Å²) < 4.78 is 12.9. The highest BCUT2D eigenvalue weighted by Crippen LogP contribution is 2.56. The van der Waals surface area contributed by atoms with Crippen LogP contribution in [0.15, 0.2) is 30.3 Å². The zero-order chi connectivity index (χ0) is 10.8. The van der Waals surface area contributed by atoms with E-state index in [2.05, 4.69) is 0 Å². The van der Waals surface area contributed by atoms with Crippen molar-refractivity contribution in [1.82, 2.24) is 0 Å². The van der Waals surface area contributed by atoms with Gasteiger partial charge in [-0.1, -0.05) is 18.2 Å². The Morgan fingerprint density at radius 3 is 2.14 bits per heavy atom. The van der Waals surface area contributed by atoms with Gasteiger partial charge in [0.2, 0.25) is 0 Å². The van der Waals surface area contributed by atoms with Gasteiger partial charge in [0, 0.05) is 0 Å². The highest BCUT2D eigenvalue weighted by atomic mass is 35.5. The molecule has 1 rings (SSSR count). The zero-order valence-electron chi connectivity index (χ0n) is 6.80. The smallest absolute Gasteiger partial charge is 0.401 e. The minimum atomic E-state index is -4.73. The van der Waals surface area contributed by atoms with Crippen molar-refractivity contribution in [3.05, 3.63) is 30.3 Å². The van der Waals surface area contributed by atoms with Crippen LogP contribution in [0, 0.1) is 0 Å². The first-order valence-corrected chi connectivity index (χ1v) is 5.87. The molecule has 0 aliphatic rings. The van der Waals surface area contributed by atoms with E-state index in [4.69, 9.17) is 37.7 Å². The van der Waals surface area contributed by atoms with Gasteiger partial charge in [0.15, 0.2) is 0 Å². The molecule has 0 radical (unpaired) electrons. The largest absolute Gasteiger partial charge is 0.448 e. The molecule has 0 saturated heterocycles. The predicted octanol–water partition coefficient (Wildman–Crippen LogP) is 2.33. The quantitative estimate of drug-likeness (QED) is 0.644. The Morgan fingerprint density at radius 2 is 1.71 bits per heavy atom. The van der Waals surface area contributed by atoms with Gasteiger partial charge in [0.05, 0.1) is 0 Å². The number of hydrogen-bond donors (Lipinski definition) is 2. The number of para-hydroxylation sites is 1. The second-order valence-electron chi connectivity index (χ2n) is 2.45. The van der Waals surface area contributed by atoms with Crippen LogP contribution >= 0.6 is 30.8 Å². The lowest BCUT2D eigenvalue weighted by Gasteiger charge is -2.21. The second kappa shape index (κ2) is 4.09. The monoisotopic (exact) mass is 256 g/mol. The maximum atomic E-state index is 10.8. The molecule has 0 saturated carbocycles. The fourth-order valence-corrected chi connectivity index (χ4v) is 1.09. The number of rotatable bonds is 3. The molecule has 0 spiro atoms. The summed E-state index contributed by atoms with van der Waals surface area (Å²) in [5.74, 6) is 0.181. The molecule has 4 nitrogen and oxygen atoms in total. The van der Waals surface area contributed by atoms with Gasteiger partial charge in [-0.3, -0.25) is 4.57 Å². The van der Waals surface area contributed by atoms with Crippen LogP contribution in [0.5, 0.6) is 5.75 Å². The first kappa shape index (κ1) is 11.8. The van der Waals surface area contributed by atoms with Gasteiger partial charge in [-0.15, -0.1) is 0 Å². The van der Waals surface area contributed by atoms with Crippen molar-refractivity contribution >= 4 is 30.8 Å². The number of hydrogen-bond acceptors (Lipinski definition) is 2. The van der Waals surface area contributed by atoms with Crippen molar-refractivity contribution < 1.29 is 19.1 Å². The van der Waals surface area contributed by atoms with E-state index >= 15 is 0 Å². The third kappa shape index (κ3) is 2.87. The van der Waals surface area contributed by atoms with Crippen molar-refractivity contribution in [2.24, 2.45) is 0 Å². The van der Waals surface area contributed by atoms with E-state index in [1.807, 2.05) is 0 Å². The Hall–Kier alpha value is -0.250. The Balaban J connectivity index is 2.85. The molecular weight excluding hydrogens is 250 g/mol. The van der Waals surface area contributed by atoms with E-state index in [1.54, 1.807) is 18.2 Å². The minimum Gasteiger partial charge on any atom is -0.448 e. The lowest BCUT2D eigenvalue weighted by molar-refractivity contribution is 0.251. The molecule has 7 heteroatoms. The van der Waals surface area contributed by atoms with Gasteiger partial charge in [-0.05, 0) is 35.3 Å². The van der Waals surface area contributed by atoms with Crippen LogP contribution in [0.2, 0.25) is 0 Å². The van der Waals surface area contributed by atoms with E-state index in [-0.39, 0.29) is 5.75 Å². The second-order valence-corrected chi connectivity index (χ2v) is 5.95. The molecule has 0 atom stereocenters. The molecule has 1 aromatic rings. The molecule has 0 aliphatic heterocycles. The van der Waals surface area contributed by atoms with E-state index < -0.39 is 11.9 Å². The molecule has 78 valence electrons. The van der Waals surface area contributed by atoms with Gasteiger partial charge < -0.3 is 14.5 Å². The third-order valence-electron chi connectivity index (χ3n) is 1.32. The van der Waals surface area contributed by atoms with Crippen molar-refractivity contribution in [3.8, 4) is 5.75 Å². The molecule has 14 heavy (non-hydrogen) atoms. The number of halogens is 2. The molecule has 1 aromatic carbocycles. The maximum Gasteiger partial charge on any atom is 0.401 e. The summed E-state index contributed by atoms with van der Waals surface area (Å²) in [5.41, 5.74) is 0. The van der Waals surface area contributed by atoms with Crippen LogP contribution in [-0.4, -0.2) is 14.0 Å². The highest BCUT2D eigenvalue weighted by Gasteiger charge is 2.46. The van der Waals surface area contributed by atoms with Crippen LogP contribution in [0.1, 0.15) is 0 Å². The van der Waals surface area contributed by atoms with E-state index in [1.165, 1.54) is 12.1 Å². The average Bonchev–Trinajstić information content (AvgIpc) is 2.03. The molecule has 2 N–H and O–H groups in total. The van der Waals surface area contributed by atoms with Crippen molar-refractivity contribution in [1.29, 1.82) is 0 Å². The summed E-state index contributed by atoms with van der Waals surface area (Å²) in [6.45, 7) is 0. The van der Waals surface area contributed by atoms with Gasteiger partial charge in [-0.25, -0.2) is 0 Å². The van der Waals surface area contributed by atoms with Crippen molar-refractivity contribution in [3.63, 3.8) is 0 Å². The molecular formula is C7H7Cl2O4P. The predicted molar refractivity (Wildman–Crippen MR) is 53.6 cm³/mol. The van der Waals surface area contributed by atoms with Crippen LogP contribution in [0.4, 0.5) is 0 Å². The van der Waals surface area contributed by atoms with E-state index in [0.29, 0.717) is 0 Å². The van der Waals surface area contributed by atoms with Crippen LogP contribution < -0.4 is 4.74 Å². The summed E-state index contributed by atoms with van der Waals surface area (Å²) in [7, 11) is -4.73. The molecule has 0 amide bonds. The highest BCUT2D eigenvalue weighted by molar-refractivity contribution is 7.57. The molecule has 0 heterocycles. The fourth-order valence-electron chi connectivity index (χ4n) is 0.690. The number of benzene rings is 1. The van der Waals surface area contributed by atoms with E-state index in [9.17, 15) is 4.57 Å². The van der Waals surface area contributed by atoms with Gasteiger partial charge in [-0.2, -0.15) is 0 Å². The molecule has 0 fully saturated rings. The third-order valence-corrected chi connectivity index (χ3v) is 3.57. The first-order chi connectivity index (χ1) is 6.33. The topological polar surface area (TPSA) is 66.8 Å². The summed E-state index contributed by atoms with van der Waals surface area (Å²) in [5, 5.41) is 0. The summed E-state index contributed by atoms with van der Waals surface area (Å²) in [4.78, 5) is 17.5. The average molecular weight is 257 g/mol. The number of alkyl halides is 2. The summed E-state index contributed by atoms with van der Waals surface area (Å²) in [6.07, 6.45) is 0. The van der Waals surface area contributed by atoms with Crippen LogP contribution in [-0.2, 0) is 4.57 Å². The Labute approximate surface area is 90.6 Å². The standard InChI is InChI=1S/C7H7Cl2O4P/c8-7(9,14(10,11)12)13-6-4-2-1-3-5-6/h1-5H,(H2,10,11,12). The van der Waals surface area contributed by atoms with E-state index in [0.717, 1.165) is 0 Å². The summed E-state index contributed by atoms with van der Waals surface area (Å²) in [6, 6.07) is 7.93. The Kier molecular flexibility index (Phi) is 3.45. The summed E-state index contributed by atoms with van der Waals surface area (Å²) >= 11 is 10.7. The lowest BCUT2D eigenvalue weighted by atomic mass is 10.3. The molecule has 0 unspecified atom stereocenters. The molecule has 0 aromatic heterocycles. The van der Waals surface area contributed by atoms with Crippen molar-refractivity contribution in [2.45, 2.75) is 4.26 Å². The molecule has 0 bridgehead atoms. The Morgan fingerprint density at radius 1 is 1.21 bits per heavy atom. The Bertz CT molecular complexity index is 348. The number of ether oxygens (including phenoxy) is 1. The van der Waals surface area contributed by atoms with Crippen LogP contribution in [0.25, 0.3) is 0 Å².